The van der Waals surface area contributed by atoms with Crippen LogP contribution in [0.25, 0.3) is 0 Å². The predicted octanol–water partition coefficient (Wildman–Crippen LogP) is 4.04. The molecule has 0 saturated heterocycles. The predicted molar refractivity (Wildman–Crippen MR) is 108 cm³/mol. The molecule has 4 aliphatic rings. The van der Waals surface area contributed by atoms with E-state index >= 15 is 0 Å². The molecule has 146 valence electrons. The zero-order valence-corrected chi connectivity index (χ0v) is 15.9. The molecule has 1 unspecified atom stereocenters. The Bertz CT molecular complexity index is 1160. The summed E-state index contributed by atoms with van der Waals surface area (Å²) in [6, 6.07) is 22.9. The lowest BCUT2D eigenvalue weighted by atomic mass is 9.59. The fraction of sp³-hybridized carbons (Fsp3) is 0.160. The van der Waals surface area contributed by atoms with Gasteiger partial charge >= 0.3 is 5.97 Å². The van der Waals surface area contributed by atoms with E-state index in [1.54, 1.807) is 24.3 Å². The summed E-state index contributed by atoms with van der Waals surface area (Å²) in [5.74, 6) is -2.23. The number of imide groups is 1. The van der Waals surface area contributed by atoms with Crippen molar-refractivity contribution in [3.63, 3.8) is 0 Å². The second kappa shape index (κ2) is 6.13. The minimum absolute atomic E-state index is 0.0992. The monoisotopic (exact) mass is 395 g/mol. The highest BCUT2D eigenvalue weighted by Gasteiger charge is 2.48. The second-order valence-corrected chi connectivity index (χ2v) is 7.99. The molecule has 3 aromatic rings. The van der Waals surface area contributed by atoms with Crippen LogP contribution in [-0.2, 0) is 9.63 Å². The lowest BCUT2D eigenvalue weighted by Crippen LogP contribution is -2.41. The fourth-order valence-electron chi connectivity index (χ4n) is 5.28. The van der Waals surface area contributed by atoms with E-state index in [9.17, 15) is 14.4 Å². The average Bonchev–Trinajstić information content (AvgIpc) is 3.04. The van der Waals surface area contributed by atoms with Gasteiger partial charge in [-0.2, -0.15) is 0 Å². The van der Waals surface area contributed by atoms with Crippen molar-refractivity contribution in [2.24, 2.45) is 5.92 Å². The molecule has 0 fully saturated rings. The van der Waals surface area contributed by atoms with Crippen molar-refractivity contribution in [3.8, 4) is 0 Å². The molecule has 5 heteroatoms. The molecule has 7 rings (SSSR count). The summed E-state index contributed by atoms with van der Waals surface area (Å²) in [7, 11) is 0. The van der Waals surface area contributed by atoms with Gasteiger partial charge in [-0.05, 0) is 40.8 Å². The zero-order chi connectivity index (χ0) is 20.4. The molecule has 30 heavy (non-hydrogen) atoms. The van der Waals surface area contributed by atoms with E-state index in [2.05, 4.69) is 24.3 Å². The quantitative estimate of drug-likeness (QED) is 0.615. The molecule has 1 atom stereocenters. The third-order valence-electron chi connectivity index (χ3n) is 6.55. The van der Waals surface area contributed by atoms with Gasteiger partial charge in [-0.3, -0.25) is 9.59 Å². The molecule has 0 N–H and O–H groups in total. The number of hydroxylamine groups is 2. The normalized spacial score (nSPS) is 23.1. The van der Waals surface area contributed by atoms with Crippen LogP contribution in [-0.4, -0.2) is 22.8 Å². The van der Waals surface area contributed by atoms with Crippen LogP contribution in [0.5, 0.6) is 0 Å². The molecule has 1 heterocycles. The zero-order valence-electron chi connectivity index (χ0n) is 15.9. The third kappa shape index (κ3) is 2.20. The number of hydrogen-bond acceptors (Lipinski definition) is 4. The standard InChI is InChI=1S/C25H17NO4/c27-23-18-11-5-6-12-19(18)24(28)26(23)30-25(29)21-13-20-14-7-1-3-9-16(14)22(21)17-10-4-2-8-15(17)20/h1-12,20-22H,13H2. The maximum atomic E-state index is 13.2. The van der Waals surface area contributed by atoms with Gasteiger partial charge in [0.25, 0.3) is 11.8 Å². The average molecular weight is 395 g/mol. The van der Waals surface area contributed by atoms with E-state index < -0.39 is 23.7 Å². The van der Waals surface area contributed by atoms with E-state index in [4.69, 9.17) is 4.84 Å². The Morgan fingerprint density at radius 3 is 1.73 bits per heavy atom. The highest BCUT2D eigenvalue weighted by atomic mass is 16.7. The number of amides is 2. The van der Waals surface area contributed by atoms with Crippen molar-refractivity contribution in [2.45, 2.75) is 18.3 Å². The van der Waals surface area contributed by atoms with Crippen molar-refractivity contribution >= 4 is 17.8 Å². The molecule has 0 radical (unpaired) electrons. The summed E-state index contributed by atoms with van der Waals surface area (Å²) >= 11 is 0. The lowest BCUT2D eigenvalue weighted by Gasteiger charge is -2.44. The van der Waals surface area contributed by atoms with E-state index in [1.807, 2.05) is 24.3 Å². The SMILES string of the molecule is O=C(ON1C(=O)c2ccccc2C1=O)C1CC2c3ccccc3C1c1ccccc12. The summed E-state index contributed by atoms with van der Waals surface area (Å²) in [4.78, 5) is 43.9. The Hall–Kier alpha value is -3.73. The molecule has 0 spiro atoms. The van der Waals surface area contributed by atoms with Gasteiger partial charge in [-0.25, -0.2) is 4.79 Å². The largest absolute Gasteiger partial charge is 0.337 e. The van der Waals surface area contributed by atoms with Crippen LogP contribution in [0.1, 0.15) is 61.2 Å². The van der Waals surface area contributed by atoms with E-state index in [0.29, 0.717) is 11.5 Å². The van der Waals surface area contributed by atoms with Crippen LogP contribution in [0.4, 0.5) is 0 Å². The smallest absolute Gasteiger partial charge is 0.329 e. The number of benzene rings is 3. The molecule has 1 aliphatic heterocycles. The van der Waals surface area contributed by atoms with Crippen LogP contribution >= 0.6 is 0 Å². The number of carbonyl (C=O) groups excluding carboxylic acids is 3. The Kier molecular flexibility index (Phi) is 3.51. The number of carbonyl (C=O) groups is 3. The Labute approximate surface area is 172 Å². The van der Waals surface area contributed by atoms with Gasteiger partial charge in [-0.1, -0.05) is 65.7 Å². The van der Waals surface area contributed by atoms with Crippen molar-refractivity contribution < 1.29 is 19.2 Å². The van der Waals surface area contributed by atoms with Crippen LogP contribution < -0.4 is 0 Å². The summed E-state index contributed by atoms with van der Waals surface area (Å²) in [5.41, 5.74) is 5.25. The van der Waals surface area contributed by atoms with Crippen molar-refractivity contribution in [1.82, 2.24) is 5.06 Å². The first-order valence-corrected chi connectivity index (χ1v) is 10.0. The number of fused-ring (bicyclic) bond motifs is 2. The molecular weight excluding hydrogens is 378 g/mol. The maximum absolute atomic E-state index is 13.2. The molecule has 3 aromatic carbocycles. The van der Waals surface area contributed by atoms with Crippen LogP contribution in [0.3, 0.4) is 0 Å². The summed E-state index contributed by atoms with van der Waals surface area (Å²) in [5, 5.41) is 0.618. The molecule has 2 bridgehead atoms. The molecule has 5 nitrogen and oxygen atoms in total. The first kappa shape index (κ1) is 17.2. The van der Waals surface area contributed by atoms with Gasteiger partial charge < -0.3 is 4.84 Å². The lowest BCUT2D eigenvalue weighted by molar-refractivity contribution is -0.175. The van der Waals surface area contributed by atoms with E-state index in [0.717, 1.165) is 11.1 Å². The summed E-state index contributed by atoms with van der Waals surface area (Å²) < 4.78 is 0. The molecule has 0 saturated carbocycles. The maximum Gasteiger partial charge on any atom is 0.337 e. The Balaban J connectivity index is 1.36. The second-order valence-electron chi connectivity index (χ2n) is 7.99. The van der Waals surface area contributed by atoms with Crippen molar-refractivity contribution in [1.29, 1.82) is 0 Å². The molecular formula is C25H17NO4. The highest BCUT2D eigenvalue weighted by molar-refractivity contribution is 6.20. The van der Waals surface area contributed by atoms with Gasteiger partial charge in [-0.15, -0.1) is 0 Å². The van der Waals surface area contributed by atoms with Crippen molar-refractivity contribution in [2.75, 3.05) is 0 Å². The van der Waals surface area contributed by atoms with Gasteiger partial charge in [0.15, 0.2) is 0 Å². The Morgan fingerprint density at radius 2 is 1.20 bits per heavy atom. The first-order valence-electron chi connectivity index (χ1n) is 10.0. The summed E-state index contributed by atoms with van der Waals surface area (Å²) in [6.45, 7) is 0. The van der Waals surface area contributed by atoms with Crippen LogP contribution in [0, 0.1) is 5.92 Å². The van der Waals surface area contributed by atoms with Gasteiger partial charge in [0, 0.05) is 11.8 Å². The first-order chi connectivity index (χ1) is 14.6. The number of rotatable bonds is 2. The van der Waals surface area contributed by atoms with Gasteiger partial charge in [0.1, 0.15) is 0 Å². The van der Waals surface area contributed by atoms with Crippen LogP contribution in [0.15, 0.2) is 72.8 Å². The Morgan fingerprint density at radius 1 is 0.733 bits per heavy atom. The minimum Gasteiger partial charge on any atom is -0.329 e. The minimum atomic E-state index is -0.592. The fourth-order valence-corrected chi connectivity index (χ4v) is 5.28. The highest BCUT2D eigenvalue weighted by Crippen LogP contribution is 2.55. The van der Waals surface area contributed by atoms with Crippen LogP contribution in [0.2, 0.25) is 0 Å². The number of nitrogens with zero attached hydrogens (tertiary/aromatic N) is 1. The number of hydrogen-bond donors (Lipinski definition) is 0. The van der Waals surface area contributed by atoms with E-state index in [-0.39, 0.29) is 23.0 Å². The van der Waals surface area contributed by atoms with Gasteiger partial charge in [0.2, 0.25) is 0 Å². The van der Waals surface area contributed by atoms with Crippen molar-refractivity contribution in [3.05, 3.63) is 106 Å². The van der Waals surface area contributed by atoms with E-state index in [1.165, 1.54) is 11.1 Å². The molecule has 2 amide bonds. The molecule has 0 aromatic heterocycles. The topological polar surface area (TPSA) is 63.7 Å². The third-order valence-corrected chi connectivity index (χ3v) is 6.55. The molecule has 3 aliphatic carbocycles. The van der Waals surface area contributed by atoms with Gasteiger partial charge in [0.05, 0.1) is 17.0 Å². The summed E-state index contributed by atoms with van der Waals surface area (Å²) in [6.07, 6.45) is 0.598.